The Morgan fingerprint density at radius 3 is 2.75 bits per heavy atom. The molecule has 132 valence electrons. The Morgan fingerprint density at radius 1 is 1.21 bits per heavy atom. The number of ether oxygens (including phenoxy) is 1. The number of benzene rings is 1. The number of fused-ring (bicyclic) bond motifs is 5. The van der Waals surface area contributed by atoms with Crippen molar-refractivity contribution in [2.24, 2.45) is 17.3 Å². The summed E-state index contributed by atoms with van der Waals surface area (Å²) in [6.45, 7) is -0.726. The summed E-state index contributed by atoms with van der Waals surface area (Å²) in [5.74, 6) is 0.969. The van der Waals surface area contributed by atoms with Gasteiger partial charge in [0, 0.05) is 0 Å². The molecule has 0 radical (unpaired) electrons. The van der Waals surface area contributed by atoms with E-state index >= 15 is 0 Å². The van der Waals surface area contributed by atoms with E-state index in [0.29, 0.717) is 17.8 Å². The predicted octanol–water partition coefficient (Wildman–Crippen LogP) is 4.21. The summed E-state index contributed by atoms with van der Waals surface area (Å²) in [5, 5.41) is 20.4. The van der Waals surface area contributed by atoms with Gasteiger partial charge in [-0.2, -0.15) is 8.78 Å². The third-order valence-corrected chi connectivity index (χ3v) is 6.97. The molecule has 5 atom stereocenters. The first kappa shape index (κ1) is 16.1. The van der Waals surface area contributed by atoms with Crippen LogP contribution in [0.3, 0.4) is 0 Å². The van der Waals surface area contributed by atoms with Gasteiger partial charge in [-0.1, -0.05) is 6.92 Å². The summed E-state index contributed by atoms with van der Waals surface area (Å²) < 4.78 is 29.6. The van der Waals surface area contributed by atoms with Crippen LogP contribution in [0.25, 0.3) is 0 Å². The van der Waals surface area contributed by atoms with Gasteiger partial charge in [-0.15, -0.1) is 0 Å². The Hall–Kier alpha value is -1.36. The number of halogens is 2. The highest BCUT2D eigenvalue weighted by atomic mass is 19.3. The molecule has 0 spiro atoms. The van der Waals surface area contributed by atoms with Gasteiger partial charge in [-0.25, -0.2) is 0 Å². The molecule has 2 N–H and O–H groups in total. The molecule has 0 amide bonds. The molecule has 3 nitrogen and oxygen atoms in total. The van der Waals surface area contributed by atoms with E-state index in [1.165, 1.54) is 0 Å². The van der Waals surface area contributed by atoms with Crippen LogP contribution in [0.5, 0.6) is 11.5 Å². The molecule has 3 aliphatic carbocycles. The van der Waals surface area contributed by atoms with Gasteiger partial charge in [0.2, 0.25) is 0 Å². The van der Waals surface area contributed by atoms with E-state index in [9.17, 15) is 19.0 Å². The van der Waals surface area contributed by atoms with E-state index in [0.717, 1.165) is 49.7 Å². The second kappa shape index (κ2) is 5.58. The summed E-state index contributed by atoms with van der Waals surface area (Å²) in [4.78, 5) is 0. The molecule has 4 rings (SSSR count). The molecule has 0 bridgehead atoms. The average molecular weight is 338 g/mol. The summed E-state index contributed by atoms with van der Waals surface area (Å²) in [7, 11) is 0. The minimum Gasteiger partial charge on any atom is -0.504 e. The summed E-state index contributed by atoms with van der Waals surface area (Å²) in [5.41, 5.74) is 2.11. The van der Waals surface area contributed by atoms with Crippen LogP contribution in [0.2, 0.25) is 0 Å². The van der Waals surface area contributed by atoms with Crippen molar-refractivity contribution in [3.8, 4) is 11.5 Å². The van der Waals surface area contributed by atoms with Crippen molar-refractivity contribution in [2.45, 2.75) is 64.1 Å². The second-order valence-corrected chi connectivity index (χ2v) is 7.95. The first-order valence-corrected chi connectivity index (χ1v) is 8.89. The number of rotatable bonds is 2. The van der Waals surface area contributed by atoms with Crippen LogP contribution in [-0.4, -0.2) is 22.9 Å². The molecule has 2 saturated carbocycles. The second-order valence-electron chi connectivity index (χ2n) is 7.95. The molecule has 1 aromatic rings. The van der Waals surface area contributed by atoms with Gasteiger partial charge < -0.3 is 14.9 Å². The maximum Gasteiger partial charge on any atom is 0.387 e. The molecule has 0 saturated heterocycles. The third kappa shape index (κ3) is 2.32. The molecule has 0 aromatic heterocycles. The first-order chi connectivity index (χ1) is 11.4. The Labute approximate surface area is 140 Å². The number of phenolic OH excluding ortho intramolecular Hbond substituents is 1. The lowest BCUT2D eigenvalue weighted by atomic mass is 9.55. The van der Waals surface area contributed by atoms with Crippen LogP contribution >= 0.6 is 0 Å². The third-order valence-electron chi connectivity index (χ3n) is 6.97. The minimum absolute atomic E-state index is 0.00209. The highest BCUT2D eigenvalue weighted by molar-refractivity contribution is 5.49. The van der Waals surface area contributed by atoms with Gasteiger partial charge in [0.25, 0.3) is 0 Å². The fraction of sp³-hybridized carbons (Fsp3) is 0.684. The van der Waals surface area contributed by atoms with Crippen LogP contribution in [0.4, 0.5) is 8.78 Å². The van der Waals surface area contributed by atoms with Crippen LogP contribution in [0.15, 0.2) is 12.1 Å². The highest BCUT2D eigenvalue weighted by Gasteiger charge is 2.54. The molecule has 0 aliphatic heterocycles. The van der Waals surface area contributed by atoms with Gasteiger partial charge in [0.05, 0.1) is 6.10 Å². The molecule has 0 heterocycles. The zero-order valence-electron chi connectivity index (χ0n) is 13.8. The van der Waals surface area contributed by atoms with Crippen molar-refractivity contribution in [1.82, 2.24) is 0 Å². The number of hydrogen-bond acceptors (Lipinski definition) is 3. The summed E-state index contributed by atoms with van der Waals surface area (Å²) in [6, 6.07) is 3.22. The van der Waals surface area contributed by atoms with Crippen molar-refractivity contribution in [1.29, 1.82) is 0 Å². The lowest BCUT2D eigenvalue weighted by molar-refractivity contribution is -0.0515. The van der Waals surface area contributed by atoms with E-state index in [2.05, 4.69) is 11.7 Å². The van der Waals surface area contributed by atoms with Gasteiger partial charge >= 0.3 is 6.61 Å². The van der Waals surface area contributed by atoms with Gasteiger partial charge in [0.15, 0.2) is 11.5 Å². The monoisotopic (exact) mass is 338 g/mol. The predicted molar refractivity (Wildman–Crippen MR) is 85.4 cm³/mol. The van der Waals surface area contributed by atoms with Crippen LogP contribution in [-0.2, 0) is 6.42 Å². The van der Waals surface area contributed by atoms with E-state index in [-0.39, 0.29) is 23.0 Å². The number of aliphatic hydroxyl groups excluding tert-OH is 1. The van der Waals surface area contributed by atoms with Crippen LogP contribution in [0, 0.1) is 17.3 Å². The molecule has 3 aliphatic rings. The standard InChI is InChI=1S/C19H24F2O3/c1-19-7-6-11-12(14(19)4-5-17(19)23)3-2-10-8-15(22)16(9-13(10)11)24-18(20)21/h8-9,11-12,14,17-18,22-23H,2-7H2,1H3/t11-,12+,14-,17-,19-/m0/s1. The maximum atomic E-state index is 12.6. The molecular weight excluding hydrogens is 314 g/mol. The minimum atomic E-state index is -2.94. The van der Waals surface area contributed by atoms with Crippen molar-refractivity contribution >= 4 is 0 Å². The first-order valence-electron chi connectivity index (χ1n) is 8.89. The zero-order valence-corrected chi connectivity index (χ0v) is 13.8. The highest BCUT2D eigenvalue weighted by Crippen LogP contribution is 2.61. The fourth-order valence-electron chi connectivity index (χ4n) is 5.75. The van der Waals surface area contributed by atoms with E-state index in [1.807, 2.05) is 0 Å². The maximum absolute atomic E-state index is 12.6. The SMILES string of the molecule is C[C@]12CC[C@@H]3c4cc(OC(F)F)c(O)cc4CC[C@H]3[C@@H]1CC[C@@H]2O. The Balaban J connectivity index is 1.69. The van der Waals surface area contributed by atoms with Gasteiger partial charge in [-0.05, 0) is 85.0 Å². The normalized spacial score (nSPS) is 37.7. The average Bonchev–Trinajstić information content (AvgIpc) is 2.83. The molecule has 5 heteroatoms. The van der Waals surface area contributed by atoms with Crippen molar-refractivity contribution < 1.29 is 23.7 Å². The smallest absolute Gasteiger partial charge is 0.387 e. The number of aromatic hydroxyl groups is 1. The van der Waals surface area contributed by atoms with Crippen molar-refractivity contribution in [3.05, 3.63) is 23.3 Å². The quantitative estimate of drug-likeness (QED) is 0.849. The van der Waals surface area contributed by atoms with Crippen LogP contribution < -0.4 is 4.74 Å². The molecule has 2 fully saturated rings. The van der Waals surface area contributed by atoms with Gasteiger partial charge in [-0.3, -0.25) is 0 Å². The number of alkyl halides is 2. The lowest BCUT2D eigenvalue weighted by Gasteiger charge is -2.50. The topological polar surface area (TPSA) is 49.7 Å². The number of hydrogen-bond donors (Lipinski definition) is 2. The largest absolute Gasteiger partial charge is 0.504 e. The number of aliphatic hydroxyl groups is 1. The van der Waals surface area contributed by atoms with Crippen molar-refractivity contribution in [3.63, 3.8) is 0 Å². The number of phenols is 1. The molecule has 1 aromatic carbocycles. The zero-order chi connectivity index (χ0) is 17.1. The van der Waals surface area contributed by atoms with Gasteiger partial charge in [0.1, 0.15) is 0 Å². The van der Waals surface area contributed by atoms with Crippen molar-refractivity contribution in [2.75, 3.05) is 0 Å². The molecular formula is C19H24F2O3. The summed E-state index contributed by atoms with van der Waals surface area (Å²) in [6.07, 6.45) is 5.51. The van der Waals surface area contributed by atoms with E-state index in [1.54, 1.807) is 12.1 Å². The Morgan fingerprint density at radius 2 is 2.00 bits per heavy atom. The fourth-order valence-corrected chi connectivity index (χ4v) is 5.75. The Kier molecular flexibility index (Phi) is 3.75. The Bertz CT molecular complexity index is 648. The van der Waals surface area contributed by atoms with E-state index < -0.39 is 6.61 Å². The number of aryl methyl sites for hydroxylation is 1. The molecule has 24 heavy (non-hydrogen) atoms. The van der Waals surface area contributed by atoms with E-state index in [4.69, 9.17) is 0 Å². The van der Waals surface area contributed by atoms with Crippen LogP contribution in [0.1, 0.15) is 56.1 Å². The summed E-state index contributed by atoms with van der Waals surface area (Å²) >= 11 is 0. The lowest BCUT2D eigenvalue weighted by Crippen LogP contribution is -2.43. The molecule has 0 unspecified atom stereocenters.